The molecule has 0 aliphatic carbocycles. The lowest BCUT2D eigenvalue weighted by Gasteiger charge is -2.15. The first kappa shape index (κ1) is 11.9. The summed E-state index contributed by atoms with van der Waals surface area (Å²) in [6.45, 7) is 3.35. The number of carbonyl (C=O) groups is 1. The van der Waals surface area contributed by atoms with Gasteiger partial charge in [-0.1, -0.05) is 19.1 Å². The van der Waals surface area contributed by atoms with Crippen LogP contribution in [0.2, 0.25) is 0 Å². The molecule has 1 aliphatic rings. The van der Waals surface area contributed by atoms with Gasteiger partial charge in [0.2, 0.25) is 0 Å². The van der Waals surface area contributed by atoms with Crippen molar-refractivity contribution < 1.29 is 9.53 Å². The van der Waals surface area contributed by atoms with E-state index in [0.29, 0.717) is 18.8 Å². The van der Waals surface area contributed by atoms with Gasteiger partial charge in [-0.3, -0.25) is 0 Å². The molecule has 0 spiro atoms. The molecular formula is C13H18N2O2. The summed E-state index contributed by atoms with van der Waals surface area (Å²) in [5.74, 6) is 0.606. The van der Waals surface area contributed by atoms with E-state index in [1.54, 1.807) is 11.0 Å². The summed E-state index contributed by atoms with van der Waals surface area (Å²) in [6, 6.07) is 7.70. The van der Waals surface area contributed by atoms with Gasteiger partial charge in [0.05, 0.1) is 0 Å². The predicted molar refractivity (Wildman–Crippen MR) is 66.0 cm³/mol. The molecule has 0 bridgehead atoms. The van der Waals surface area contributed by atoms with E-state index in [1.165, 1.54) is 0 Å². The summed E-state index contributed by atoms with van der Waals surface area (Å²) < 4.78 is 5.32. The van der Waals surface area contributed by atoms with Crippen molar-refractivity contribution in [3.05, 3.63) is 29.8 Å². The zero-order valence-electron chi connectivity index (χ0n) is 10.1. The van der Waals surface area contributed by atoms with E-state index in [4.69, 9.17) is 10.5 Å². The first-order valence-corrected chi connectivity index (χ1v) is 6.00. The van der Waals surface area contributed by atoms with E-state index in [9.17, 15) is 4.79 Å². The van der Waals surface area contributed by atoms with E-state index in [2.05, 4.69) is 6.92 Å². The summed E-state index contributed by atoms with van der Waals surface area (Å²) in [5, 5.41) is 0. The maximum absolute atomic E-state index is 11.8. The summed E-state index contributed by atoms with van der Waals surface area (Å²) >= 11 is 0. The number of aryl methyl sites for hydroxylation is 1. The van der Waals surface area contributed by atoms with Gasteiger partial charge in [0, 0.05) is 19.1 Å². The molecule has 1 aromatic carbocycles. The highest BCUT2D eigenvalue weighted by molar-refractivity contribution is 5.71. The van der Waals surface area contributed by atoms with Crippen LogP contribution in [0, 0.1) is 0 Å². The highest BCUT2D eigenvalue weighted by Gasteiger charge is 2.24. The van der Waals surface area contributed by atoms with Crippen molar-refractivity contribution in [2.45, 2.75) is 25.8 Å². The standard InChI is InChI=1S/C13H18N2O2/c1-2-10-4-3-5-12(8-10)17-13(16)15-7-6-11(14)9-15/h3-5,8,11H,2,6-7,9,14H2,1H3. The first-order chi connectivity index (χ1) is 8.19. The number of hydrogen-bond acceptors (Lipinski definition) is 3. The fraction of sp³-hybridized carbons (Fsp3) is 0.462. The smallest absolute Gasteiger partial charge is 0.410 e. The Morgan fingerprint density at radius 1 is 1.59 bits per heavy atom. The van der Waals surface area contributed by atoms with Crippen LogP contribution in [0.5, 0.6) is 5.75 Å². The van der Waals surface area contributed by atoms with Crippen LogP contribution in [-0.4, -0.2) is 30.1 Å². The first-order valence-electron chi connectivity index (χ1n) is 6.00. The molecule has 0 radical (unpaired) electrons. The Labute approximate surface area is 101 Å². The molecule has 17 heavy (non-hydrogen) atoms. The normalized spacial score (nSPS) is 19.4. The molecule has 1 saturated heterocycles. The molecule has 92 valence electrons. The second kappa shape index (κ2) is 5.19. The zero-order valence-corrected chi connectivity index (χ0v) is 10.1. The van der Waals surface area contributed by atoms with Crippen LogP contribution in [0.3, 0.4) is 0 Å². The largest absolute Gasteiger partial charge is 0.415 e. The fourth-order valence-corrected chi connectivity index (χ4v) is 1.95. The summed E-state index contributed by atoms with van der Waals surface area (Å²) in [5.41, 5.74) is 6.91. The molecule has 1 unspecified atom stereocenters. The molecule has 1 fully saturated rings. The van der Waals surface area contributed by atoms with Crippen LogP contribution in [0.1, 0.15) is 18.9 Å². The molecule has 4 heteroatoms. The lowest BCUT2D eigenvalue weighted by Crippen LogP contribution is -2.33. The van der Waals surface area contributed by atoms with Crippen molar-refractivity contribution in [2.75, 3.05) is 13.1 Å². The lowest BCUT2D eigenvalue weighted by molar-refractivity contribution is 0.162. The lowest BCUT2D eigenvalue weighted by atomic mass is 10.2. The molecule has 1 aliphatic heterocycles. The van der Waals surface area contributed by atoms with E-state index >= 15 is 0 Å². The minimum absolute atomic E-state index is 0.0875. The molecule has 2 rings (SSSR count). The van der Waals surface area contributed by atoms with Crippen molar-refractivity contribution >= 4 is 6.09 Å². The van der Waals surface area contributed by atoms with Crippen molar-refractivity contribution in [1.29, 1.82) is 0 Å². The monoisotopic (exact) mass is 234 g/mol. The zero-order chi connectivity index (χ0) is 12.3. The van der Waals surface area contributed by atoms with Gasteiger partial charge in [-0.2, -0.15) is 0 Å². The van der Waals surface area contributed by atoms with Gasteiger partial charge in [0.15, 0.2) is 0 Å². The number of amides is 1. The van der Waals surface area contributed by atoms with Crippen LogP contribution in [0.4, 0.5) is 4.79 Å². The number of rotatable bonds is 2. The maximum Gasteiger partial charge on any atom is 0.415 e. The highest BCUT2D eigenvalue weighted by atomic mass is 16.6. The van der Waals surface area contributed by atoms with Gasteiger partial charge in [-0.25, -0.2) is 4.79 Å². The summed E-state index contributed by atoms with van der Waals surface area (Å²) in [6.07, 6.45) is 1.48. The third kappa shape index (κ3) is 2.97. The van der Waals surface area contributed by atoms with Crippen molar-refractivity contribution in [2.24, 2.45) is 5.73 Å². The van der Waals surface area contributed by atoms with Gasteiger partial charge in [0.1, 0.15) is 5.75 Å². The fourth-order valence-electron chi connectivity index (χ4n) is 1.95. The summed E-state index contributed by atoms with van der Waals surface area (Å²) in [7, 11) is 0. The highest BCUT2D eigenvalue weighted by Crippen LogP contribution is 2.16. The van der Waals surface area contributed by atoms with Gasteiger partial charge >= 0.3 is 6.09 Å². The van der Waals surface area contributed by atoms with Crippen LogP contribution in [-0.2, 0) is 6.42 Å². The van der Waals surface area contributed by atoms with Gasteiger partial charge in [-0.05, 0) is 30.5 Å². The second-order valence-electron chi connectivity index (χ2n) is 4.36. The SMILES string of the molecule is CCc1cccc(OC(=O)N2CCC(N)C2)c1. The van der Waals surface area contributed by atoms with Gasteiger partial charge in [0.25, 0.3) is 0 Å². The Balaban J connectivity index is 1.98. The Morgan fingerprint density at radius 2 is 2.41 bits per heavy atom. The number of benzene rings is 1. The molecule has 1 amide bonds. The van der Waals surface area contributed by atoms with Gasteiger partial charge < -0.3 is 15.4 Å². The van der Waals surface area contributed by atoms with E-state index in [0.717, 1.165) is 18.4 Å². The molecule has 0 aromatic heterocycles. The molecule has 4 nitrogen and oxygen atoms in total. The maximum atomic E-state index is 11.8. The quantitative estimate of drug-likeness (QED) is 0.848. The van der Waals surface area contributed by atoms with Crippen LogP contribution < -0.4 is 10.5 Å². The average molecular weight is 234 g/mol. The molecule has 1 heterocycles. The number of ether oxygens (including phenoxy) is 1. The van der Waals surface area contributed by atoms with E-state index < -0.39 is 0 Å². The van der Waals surface area contributed by atoms with Crippen molar-refractivity contribution in [3.63, 3.8) is 0 Å². The Hall–Kier alpha value is -1.55. The Bertz CT molecular complexity index is 406. The van der Waals surface area contributed by atoms with Crippen LogP contribution in [0.15, 0.2) is 24.3 Å². The van der Waals surface area contributed by atoms with Crippen LogP contribution in [0.25, 0.3) is 0 Å². The number of hydrogen-bond donors (Lipinski definition) is 1. The minimum Gasteiger partial charge on any atom is -0.410 e. The minimum atomic E-state index is -0.300. The third-order valence-corrected chi connectivity index (χ3v) is 2.99. The van der Waals surface area contributed by atoms with E-state index in [-0.39, 0.29) is 12.1 Å². The molecule has 2 N–H and O–H groups in total. The second-order valence-corrected chi connectivity index (χ2v) is 4.36. The van der Waals surface area contributed by atoms with Crippen LogP contribution >= 0.6 is 0 Å². The number of likely N-dealkylation sites (tertiary alicyclic amines) is 1. The topological polar surface area (TPSA) is 55.6 Å². The molecule has 0 saturated carbocycles. The number of carbonyl (C=O) groups excluding carboxylic acids is 1. The van der Waals surface area contributed by atoms with Crippen molar-refractivity contribution in [3.8, 4) is 5.75 Å². The summed E-state index contributed by atoms with van der Waals surface area (Å²) in [4.78, 5) is 13.5. The van der Waals surface area contributed by atoms with E-state index in [1.807, 2.05) is 18.2 Å². The Morgan fingerprint density at radius 3 is 3.06 bits per heavy atom. The van der Waals surface area contributed by atoms with Gasteiger partial charge in [-0.15, -0.1) is 0 Å². The average Bonchev–Trinajstić information content (AvgIpc) is 2.76. The number of nitrogens with two attached hydrogens (primary N) is 1. The Kier molecular flexibility index (Phi) is 3.64. The molecule has 1 aromatic rings. The molecular weight excluding hydrogens is 216 g/mol. The molecule has 1 atom stereocenters. The predicted octanol–water partition coefficient (Wildman–Crippen LogP) is 1.78. The van der Waals surface area contributed by atoms with Crippen molar-refractivity contribution in [1.82, 2.24) is 4.90 Å². The third-order valence-electron chi connectivity index (χ3n) is 2.99. The number of nitrogens with zero attached hydrogens (tertiary/aromatic N) is 1.